The minimum atomic E-state index is 0.518. The van der Waals surface area contributed by atoms with Gasteiger partial charge in [-0.15, -0.1) is 0 Å². The Morgan fingerprint density at radius 3 is 2.71 bits per heavy atom. The summed E-state index contributed by atoms with van der Waals surface area (Å²) in [5, 5.41) is 3.28. The molecule has 3 N–H and O–H groups in total. The van der Waals surface area contributed by atoms with Crippen molar-refractivity contribution in [2.24, 2.45) is 5.73 Å². The fourth-order valence-electron chi connectivity index (χ4n) is 1.52. The van der Waals surface area contributed by atoms with E-state index >= 15 is 0 Å². The van der Waals surface area contributed by atoms with Gasteiger partial charge in [-0.05, 0) is 42.3 Å². The number of aromatic nitrogens is 1. The van der Waals surface area contributed by atoms with Crippen LogP contribution >= 0.6 is 15.9 Å². The Bertz CT molecular complexity index is 509. The van der Waals surface area contributed by atoms with E-state index in [1.807, 2.05) is 24.3 Å². The van der Waals surface area contributed by atoms with E-state index in [0.717, 1.165) is 21.5 Å². The van der Waals surface area contributed by atoms with E-state index in [2.05, 4.69) is 39.2 Å². The molecule has 0 aliphatic heterocycles. The Morgan fingerprint density at radius 2 is 2.12 bits per heavy atom. The number of halogens is 1. The Kier molecular flexibility index (Phi) is 3.76. The molecule has 0 saturated heterocycles. The third-order valence-corrected chi connectivity index (χ3v) is 3.00. The molecule has 4 heteroatoms. The van der Waals surface area contributed by atoms with E-state index < -0.39 is 0 Å². The molecule has 3 nitrogen and oxygen atoms in total. The van der Waals surface area contributed by atoms with Crippen LogP contribution in [0.4, 0.5) is 11.5 Å². The van der Waals surface area contributed by atoms with E-state index in [-0.39, 0.29) is 0 Å². The first-order valence-corrected chi connectivity index (χ1v) is 6.16. The lowest BCUT2D eigenvalue weighted by Gasteiger charge is -2.09. The summed E-state index contributed by atoms with van der Waals surface area (Å²) >= 11 is 3.44. The quantitative estimate of drug-likeness (QED) is 0.912. The fourth-order valence-corrected chi connectivity index (χ4v) is 2.00. The normalized spacial score (nSPS) is 10.3. The van der Waals surface area contributed by atoms with Gasteiger partial charge in [0.25, 0.3) is 0 Å². The maximum absolute atomic E-state index is 5.53. The number of pyridine rings is 1. The second kappa shape index (κ2) is 5.29. The highest BCUT2D eigenvalue weighted by Gasteiger charge is 2.00. The van der Waals surface area contributed by atoms with E-state index in [1.54, 1.807) is 6.20 Å². The van der Waals surface area contributed by atoms with E-state index in [1.165, 1.54) is 5.56 Å². The molecule has 0 amide bonds. The molecule has 2 rings (SSSR count). The predicted molar refractivity (Wildman–Crippen MR) is 74.3 cm³/mol. The van der Waals surface area contributed by atoms with Gasteiger partial charge in [0, 0.05) is 22.9 Å². The molecular weight excluding hydrogens is 278 g/mol. The van der Waals surface area contributed by atoms with Crippen LogP contribution in [0.3, 0.4) is 0 Å². The van der Waals surface area contributed by atoms with Crippen LogP contribution in [0, 0.1) is 6.92 Å². The molecule has 0 radical (unpaired) electrons. The summed E-state index contributed by atoms with van der Waals surface area (Å²) in [6.45, 7) is 2.58. The molecule has 0 saturated carbocycles. The molecule has 0 atom stereocenters. The van der Waals surface area contributed by atoms with Crippen LogP contribution in [0.2, 0.25) is 0 Å². The maximum Gasteiger partial charge on any atom is 0.130 e. The highest BCUT2D eigenvalue weighted by molar-refractivity contribution is 9.10. The predicted octanol–water partition coefficient (Wildman–Crippen LogP) is 3.35. The van der Waals surface area contributed by atoms with Gasteiger partial charge in [0.2, 0.25) is 0 Å². The molecule has 0 bridgehead atoms. The molecule has 88 valence electrons. The summed E-state index contributed by atoms with van der Waals surface area (Å²) in [5.41, 5.74) is 8.79. The third-order valence-electron chi connectivity index (χ3n) is 2.51. The topological polar surface area (TPSA) is 50.9 Å². The largest absolute Gasteiger partial charge is 0.340 e. The standard InChI is InChI=1S/C13H14BrN3/c1-9-6-11(14)3-4-12(9)17-13-5-2-10(7-15)8-16-13/h2-6,8H,7,15H2,1H3,(H,16,17). The molecule has 2 aromatic rings. The molecule has 1 aromatic carbocycles. The van der Waals surface area contributed by atoms with Crippen LogP contribution in [-0.4, -0.2) is 4.98 Å². The van der Waals surface area contributed by atoms with Crippen LogP contribution in [-0.2, 0) is 6.54 Å². The number of hydrogen-bond acceptors (Lipinski definition) is 3. The number of nitrogens with zero attached hydrogens (tertiary/aromatic N) is 1. The molecule has 0 spiro atoms. The summed E-state index contributed by atoms with van der Waals surface area (Å²) in [7, 11) is 0. The zero-order chi connectivity index (χ0) is 12.3. The lowest BCUT2D eigenvalue weighted by Crippen LogP contribution is -1.99. The molecular formula is C13H14BrN3. The van der Waals surface area contributed by atoms with E-state index in [9.17, 15) is 0 Å². The highest BCUT2D eigenvalue weighted by Crippen LogP contribution is 2.22. The zero-order valence-corrected chi connectivity index (χ0v) is 11.2. The number of hydrogen-bond donors (Lipinski definition) is 2. The van der Waals surface area contributed by atoms with Gasteiger partial charge in [0.1, 0.15) is 5.82 Å². The number of anilines is 2. The van der Waals surface area contributed by atoms with Crippen LogP contribution in [0.5, 0.6) is 0 Å². The first-order chi connectivity index (χ1) is 8.19. The molecule has 1 aromatic heterocycles. The van der Waals surface area contributed by atoms with Crippen molar-refractivity contribution in [1.82, 2.24) is 4.98 Å². The van der Waals surface area contributed by atoms with Crippen LogP contribution in [0.25, 0.3) is 0 Å². The van der Waals surface area contributed by atoms with Crippen LogP contribution in [0.15, 0.2) is 41.0 Å². The number of aryl methyl sites for hydroxylation is 1. The summed E-state index contributed by atoms with van der Waals surface area (Å²) in [5.74, 6) is 0.827. The van der Waals surface area contributed by atoms with Gasteiger partial charge in [-0.2, -0.15) is 0 Å². The van der Waals surface area contributed by atoms with Crippen molar-refractivity contribution in [1.29, 1.82) is 0 Å². The minimum absolute atomic E-state index is 0.518. The van der Waals surface area contributed by atoms with Crippen molar-refractivity contribution < 1.29 is 0 Å². The first kappa shape index (κ1) is 12.1. The van der Waals surface area contributed by atoms with Crippen molar-refractivity contribution in [3.05, 3.63) is 52.1 Å². The highest BCUT2D eigenvalue weighted by atomic mass is 79.9. The van der Waals surface area contributed by atoms with Gasteiger partial charge >= 0.3 is 0 Å². The Hall–Kier alpha value is -1.39. The minimum Gasteiger partial charge on any atom is -0.340 e. The van der Waals surface area contributed by atoms with Crippen molar-refractivity contribution in [2.45, 2.75) is 13.5 Å². The third kappa shape index (κ3) is 3.05. The monoisotopic (exact) mass is 291 g/mol. The Balaban J connectivity index is 2.19. The Morgan fingerprint density at radius 1 is 1.29 bits per heavy atom. The number of rotatable bonds is 3. The van der Waals surface area contributed by atoms with Crippen molar-refractivity contribution >= 4 is 27.4 Å². The summed E-state index contributed by atoms with van der Waals surface area (Å²) in [6, 6.07) is 10.0. The first-order valence-electron chi connectivity index (χ1n) is 5.37. The summed E-state index contributed by atoms with van der Waals surface area (Å²) in [4.78, 5) is 4.31. The average molecular weight is 292 g/mol. The molecule has 0 aliphatic carbocycles. The molecule has 0 fully saturated rings. The van der Waals surface area contributed by atoms with Gasteiger partial charge in [0.05, 0.1) is 0 Å². The number of nitrogens with one attached hydrogen (secondary N) is 1. The maximum atomic E-state index is 5.53. The average Bonchev–Trinajstić information content (AvgIpc) is 2.34. The van der Waals surface area contributed by atoms with Crippen molar-refractivity contribution in [2.75, 3.05) is 5.32 Å². The smallest absolute Gasteiger partial charge is 0.130 e. The molecule has 0 aliphatic rings. The summed E-state index contributed by atoms with van der Waals surface area (Å²) in [6.07, 6.45) is 1.79. The lowest BCUT2D eigenvalue weighted by molar-refractivity contribution is 1.05. The fraction of sp³-hybridized carbons (Fsp3) is 0.154. The molecule has 1 heterocycles. The van der Waals surface area contributed by atoms with E-state index in [4.69, 9.17) is 5.73 Å². The van der Waals surface area contributed by atoms with Crippen molar-refractivity contribution in [3.63, 3.8) is 0 Å². The van der Waals surface area contributed by atoms with Gasteiger partial charge in [0.15, 0.2) is 0 Å². The van der Waals surface area contributed by atoms with Crippen LogP contribution < -0.4 is 11.1 Å². The summed E-state index contributed by atoms with van der Waals surface area (Å²) < 4.78 is 1.08. The second-order valence-electron chi connectivity index (χ2n) is 3.84. The second-order valence-corrected chi connectivity index (χ2v) is 4.76. The lowest BCUT2D eigenvalue weighted by atomic mass is 10.2. The molecule has 17 heavy (non-hydrogen) atoms. The SMILES string of the molecule is Cc1cc(Br)ccc1Nc1ccc(CN)cn1. The van der Waals surface area contributed by atoms with E-state index in [0.29, 0.717) is 6.54 Å². The van der Waals surface area contributed by atoms with Gasteiger partial charge in [-0.25, -0.2) is 4.98 Å². The number of benzene rings is 1. The van der Waals surface area contributed by atoms with Gasteiger partial charge in [-0.3, -0.25) is 0 Å². The number of nitrogens with two attached hydrogens (primary N) is 1. The van der Waals surface area contributed by atoms with Gasteiger partial charge < -0.3 is 11.1 Å². The van der Waals surface area contributed by atoms with Gasteiger partial charge in [-0.1, -0.05) is 22.0 Å². The Labute approximate surface area is 109 Å². The van der Waals surface area contributed by atoms with Crippen LogP contribution in [0.1, 0.15) is 11.1 Å². The zero-order valence-electron chi connectivity index (χ0n) is 9.57. The van der Waals surface area contributed by atoms with Crippen molar-refractivity contribution in [3.8, 4) is 0 Å². The molecule has 0 unspecified atom stereocenters.